The van der Waals surface area contributed by atoms with Crippen molar-refractivity contribution in [2.24, 2.45) is 0 Å². The van der Waals surface area contributed by atoms with Crippen LogP contribution in [0, 0.1) is 0 Å². The lowest BCUT2D eigenvalue weighted by Gasteiger charge is -2.06. The van der Waals surface area contributed by atoms with Gasteiger partial charge in [0.1, 0.15) is 5.75 Å². The lowest BCUT2D eigenvalue weighted by Crippen LogP contribution is -2.25. The Morgan fingerprint density at radius 1 is 1.40 bits per heavy atom. The second kappa shape index (κ2) is 6.96. The monoisotopic (exact) mass is 293 g/mol. The Morgan fingerprint density at radius 3 is 2.75 bits per heavy atom. The summed E-state index contributed by atoms with van der Waals surface area (Å²) in [5, 5.41) is 7.55. The topological polar surface area (TPSA) is 56.1 Å². The van der Waals surface area contributed by atoms with Crippen LogP contribution in [0.5, 0.6) is 5.75 Å². The highest BCUT2D eigenvalue weighted by atomic mass is 35.5. The van der Waals surface area contributed by atoms with Crippen molar-refractivity contribution in [1.29, 1.82) is 0 Å². The van der Waals surface area contributed by atoms with Crippen LogP contribution in [-0.2, 0) is 6.54 Å². The molecule has 0 atom stereocenters. The third-order valence-corrected chi connectivity index (χ3v) is 3.00. The van der Waals surface area contributed by atoms with Crippen molar-refractivity contribution in [2.45, 2.75) is 13.0 Å². The zero-order valence-electron chi connectivity index (χ0n) is 11.2. The van der Waals surface area contributed by atoms with E-state index in [-0.39, 0.29) is 5.91 Å². The number of ether oxygens (including phenoxy) is 1. The average molecular weight is 294 g/mol. The predicted octanol–water partition coefficient (Wildman–Crippen LogP) is 2.37. The van der Waals surface area contributed by atoms with E-state index in [4.69, 9.17) is 16.3 Å². The van der Waals surface area contributed by atoms with Gasteiger partial charge in [-0.3, -0.25) is 9.48 Å². The fourth-order valence-electron chi connectivity index (χ4n) is 1.75. The Balaban J connectivity index is 1.74. The van der Waals surface area contributed by atoms with Crippen LogP contribution in [0.2, 0.25) is 5.02 Å². The van der Waals surface area contributed by atoms with Crippen molar-refractivity contribution in [3.63, 3.8) is 0 Å². The van der Waals surface area contributed by atoms with Crippen LogP contribution in [0.3, 0.4) is 0 Å². The van der Waals surface area contributed by atoms with Gasteiger partial charge in [-0.2, -0.15) is 5.10 Å². The van der Waals surface area contributed by atoms with Crippen molar-refractivity contribution in [3.05, 3.63) is 47.2 Å². The Bertz CT molecular complexity index is 566. The Kier molecular flexibility index (Phi) is 5.01. The van der Waals surface area contributed by atoms with Gasteiger partial charge in [0.2, 0.25) is 0 Å². The van der Waals surface area contributed by atoms with Gasteiger partial charge < -0.3 is 10.1 Å². The molecule has 1 heterocycles. The minimum Gasteiger partial charge on any atom is -0.497 e. The molecule has 0 fully saturated rings. The molecule has 1 aromatic heterocycles. The molecule has 0 aliphatic rings. The summed E-state index contributed by atoms with van der Waals surface area (Å²) in [4.78, 5) is 11.9. The molecule has 1 amide bonds. The zero-order chi connectivity index (χ0) is 14.4. The van der Waals surface area contributed by atoms with Crippen LogP contribution in [-0.4, -0.2) is 29.3 Å². The van der Waals surface area contributed by atoms with E-state index in [2.05, 4.69) is 10.4 Å². The Morgan fingerprint density at radius 2 is 2.15 bits per heavy atom. The van der Waals surface area contributed by atoms with Gasteiger partial charge in [-0.25, -0.2) is 0 Å². The second-order valence-corrected chi connectivity index (χ2v) is 4.70. The molecule has 2 rings (SSSR count). The Hall–Kier alpha value is -2.01. The minimum atomic E-state index is -0.0915. The maximum atomic E-state index is 11.9. The van der Waals surface area contributed by atoms with Crippen LogP contribution in [0.4, 0.5) is 0 Å². The van der Waals surface area contributed by atoms with Crippen LogP contribution >= 0.6 is 11.6 Å². The van der Waals surface area contributed by atoms with E-state index >= 15 is 0 Å². The highest BCUT2D eigenvalue weighted by molar-refractivity contribution is 6.30. The summed E-state index contributed by atoms with van der Waals surface area (Å²) in [5.41, 5.74) is 0.618. The molecule has 0 radical (unpaired) electrons. The van der Waals surface area contributed by atoms with Crippen molar-refractivity contribution in [1.82, 2.24) is 15.1 Å². The first-order valence-corrected chi connectivity index (χ1v) is 6.67. The first kappa shape index (κ1) is 14.4. The number of nitrogens with one attached hydrogen (secondary N) is 1. The van der Waals surface area contributed by atoms with Crippen LogP contribution in [0.1, 0.15) is 16.8 Å². The van der Waals surface area contributed by atoms with Crippen molar-refractivity contribution in [2.75, 3.05) is 13.7 Å². The highest BCUT2D eigenvalue weighted by Crippen LogP contribution is 2.11. The number of carbonyl (C=O) groups is 1. The van der Waals surface area contributed by atoms with E-state index in [1.54, 1.807) is 48.5 Å². The van der Waals surface area contributed by atoms with Gasteiger partial charge in [0.15, 0.2) is 0 Å². The molecule has 6 heteroatoms. The van der Waals surface area contributed by atoms with Crippen molar-refractivity contribution < 1.29 is 9.53 Å². The molecule has 0 saturated carbocycles. The number of nitrogens with zero attached hydrogens (tertiary/aromatic N) is 2. The van der Waals surface area contributed by atoms with Gasteiger partial charge in [-0.05, 0) is 30.7 Å². The third-order valence-electron chi connectivity index (χ3n) is 2.80. The molecule has 5 nitrogen and oxygen atoms in total. The van der Waals surface area contributed by atoms with Gasteiger partial charge in [-0.15, -0.1) is 0 Å². The molecule has 0 aliphatic carbocycles. The number of amides is 1. The average Bonchev–Trinajstić information content (AvgIpc) is 2.89. The van der Waals surface area contributed by atoms with Gasteiger partial charge in [0.25, 0.3) is 5.91 Å². The third kappa shape index (κ3) is 3.99. The quantitative estimate of drug-likeness (QED) is 0.832. The SMILES string of the molecule is COc1ccc(C(=O)NCCCn2cc(Cl)cn2)cc1. The first-order chi connectivity index (χ1) is 9.69. The molecular weight excluding hydrogens is 278 g/mol. The van der Waals surface area contributed by atoms with E-state index < -0.39 is 0 Å². The molecule has 0 bridgehead atoms. The smallest absolute Gasteiger partial charge is 0.251 e. The molecule has 106 valence electrons. The number of halogens is 1. The van der Waals surface area contributed by atoms with Gasteiger partial charge >= 0.3 is 0 Å². The number of carbonyl (C=O) groups excluding carboxylic acids is 1. The maximum Gasteiger partial charge on any atom is 0.251 e. The van der Waals surface area contributed by atoms with E-state index in [9.17, 15) is 4.79 Å². The van der Waals surface area contributed by atoms with Gasteiger partial charge in [0.05, 0.1) is 18.3 Å². The number of hydrogen-bond acceptors (Lipinski definition) is 3. The molecule has 0 spiro atoms. The molecule has 1 aromatic carbocycles. The Labute approximate surface area is 122 Å². The summed E-state index contributed by atoms with van der Waals surface area (Å²) in [7, 11) is 1.59. The van der Waals surface area contributed by atoms with Crippen LogP contribution in [0.25, 0.3) is 0 Å². The van der Waals surface area contributed by atoms with E-state index in [0.29, 0.717) is 17.1 Å². The molecular formula is C14H16ClN3O2. The number of aromatic nitrogens is 2. The molecule has 1 N–H and O–H groups in total. The molecule has 0 saturated heterocycles. The normalized spacial score (nSPS) is 10.3. The summed E-state index contributed by atoms with van der Waals surface area (Å²) in [5.74, 6) is 0.642. The van der Waals surface area contributed by atoms with Gasteiger partial charge in [-0.1, -0.05) is 11.6 Å². The van der Waals surface area contributed by atoms with Crippen LogP contribution in [0.15, 0.2) is 36.7 Å². The summed E-state index contributed by atoms with van der Waals surface area (Å²) < 4.78 is 6.80. The largest absolute Gasteiger partial charge is 0.497 e. The zero-order valence-corrected chi connectivity index (χ0v) is 11.9. The number of methoxy groups -OCH3 is 1. The number of benzene rings is 1. The highest BCUT2D eigenvalue weighted by Gasteiger charge is 2.04. The van der Waals surface area contributed by atoms with Crippen molar-refractivity contribution in [3.8, 4) is 5.75 Å². The number of rotatable bonds is 6. The summed E-state index contributed by atoms with van der Waals surface area (Å²) in [6, 6.07) is 7.00. The van der Waals surface area contributed by atoms with Crippen molar-refractivity contribution >= 4 is 17.5 Å². The molecule has 0 unspecified atom stereocenters. The summed E-state index contributed by atoms with van der Waals surface area (Å²) in [6.45, 7) is 1.30. The van der Waals surface area contributed by atoms with E-state index in [0.717, 1.165) is 18.7 Å². The fourth-order valence-corrected chi connectivity index (χ4v) is 1.90. The summed E-state index contributed by atoms with van der Waals surface area (Å²) in [6.07, 6.45) is 4.14. The summed E-state index contributed by atoms with van der Waals surface area (Å²) >= 11 is 5.77. The number of hydrogen-bond donors (Lipinski definition) is 1. The molecule has 20 heavy (non-hydrogen) atoms. The second-order valence-electron chi connectivity index (χ2n) is 4.26. The van der Waals surface area contributed by atoms with E-state index in [1.807, 2.05) is 0 Å². The lowest BCUT2D eigenvalue weighted by molar-refractivity contribution is 0.0952. The molecule has 2 aromatic rings. The predicted molar refractivity (Wildman–Crippen MR) is 77.2 cm³/mol. The van der Waals surface area contributed by atoms with E-state index in [1.165, 1.54) is 0 Å². The maximum absolute atomic E-state index is 11.9. The standard InChI is InChI=1S/C14H16ClN3O2/c1-20-13-5-3-11(4-6-13)14(19)16-7-2-8-18-10-12(15)9-17-18/h3-6,9-10H,2,7-8H2,1H3,(H,16,19). The molecule has 0 aliphatic heterocycles. The lowest BCUT2D eigenvalue weighted by atomic mass is 10.2. The fraction of sp³-hybridized carbons (Fsp3) is 0.286. The van der Waals surface area contributed by atoms with Crippen LogP contribution < -0.4 is 10.1 Å². The van der Waals surface area contributed by atoms with Gasteiger partial charge in [0, 0.05) is 24.8 Å². The minimum absolute atomic E-state index is 0.0915. The number of aryl methyl sites for hydroxylation is 1. The first-order valence-electron chi connectivity index (χ1n) is 6.29.